The molecule has 6 rings (SSSR count). The lowest BCUT2D eigenvalue weighted by Crippen LogP contribution is -2.13. The van der Waals surface area contributed by atoms with Crippen LogP contribution in [0.4, 0.5) is 34.1 Å². The van der Waals surface area contributed by atoms with Gasteiger partial charge in [-0.15, -0.1) is 0 Å². The van der Waals surface area contributed by atoms with Crippen molar-refractivity contribution in [1.29, 1.82) is 0 Å². The van der Waals surface area contributed by atoms with Crippen LogP contribution in [0.5, 0.6) is 0 Å². The zero-order valence-electron chi connectivity index (χ0n) is 48.9. The molecule has 0 aliphatic heterocycles. The summed E-state index contributed by atoms with van der Waals surface area (Å²) in [6, 6.07) is 39.6. The second-order valence-electron chi connectivity index (χ2n) is 21.2. The predicted molar refractivity (Wildman–Crippen MR) is 326 cm³/mol. The van der Waals surface area contributed by atoms with Gasteiger partial charge in [0.15, 0.2) is 0 Å². The van der Waals surface area contributed by atoms with E-state index in [1.54, 1.807) is 27.7 Å². The lowest BCUT2D eigenvalue weighted by Gasteiger charge is -2.29. The first-order chi connectivity index (χ1) is 38.1. The SMILES string of the molecule is C=C(C)C(=O)OCCCc1ccc(N(c2ccc(CCCOC(=O)C(=C)C)c(C)c2)c2ccc(-c3ccc(N(c4ccc(CCCOC(=O)C(=C)C)c(C)c4)c4ccc(CCCOC(=O)C(=C)C)c(C)c4)c(C)c3)cc2C)cc1C. The Balaban J connectivity index is 1.33. The van der Waals surface area contributed by atoms with E-state index in [1.165, 1.54) is 22.3 Å². The average Bonchev–Trinajstić information content (AvgIpc) is 3.43. The van der Waals surface area contributed by atoms with Crippen LogP contribution in [0.25, 0.3) is 11.1 Å². The standard InChI is InChI=1S/C70H80N2O8/c1-45(2)67(73)77-35-15-19-55-23-29-61(41-49(55)9)71(62-30-24-56(50(10)42-62)20-16-36-78-68(74)46(3)4)65-33-27-59(39-53(65)13)60-28-34-66(54(14)40-60)72(63-31-25-57(51(11)43-63)21-17-37-79-69(75)47(5)6)64-32-26-58(52(12)44-64)22-18-38-80-70(76)48(7)8/h23-34,39-44H,1,3,5,7,15-22,35-38H2,2,4,6,8-14H3. The Kier molecular flexibility index (Phi) is 21.8. The summed E-state index contributed by atoms with van der Waals surface area (Å²) in [6.45, 7) is 35.6. The summed E-state index contributed by atoms with van der Waals surface area (Å²) < 4.78 is 21.6. The molecule has 0 atom stereocenters. The number of nitrogens with zero attached hydrogens (tertiary/aromatic N) is 2. The highest BCUT2D eigenvalue weighted by molar-refractivity contribution is 5.89. The molecule has 0 N–H and O–H groups in total. The minimum Gasteiger partial charge on any atom is -0.462 e. The molecule has 0 amide bonds. The number of hydrogen-bond acceptors (Lipinski definition) is 10. The average molecular weight is 1080 g/mol. The maximum Gasteiger partial charge on any atom is 0.333 e. The summed E-state index contributed by atoms with van der Waals surface area (Å²) in [6.07, 6.45) is 5.87. The molecule has 10 nitrogen and oxygen atoms in total. The van der Waals surface area contributed by atoms with Crippen LogP contribution in [0.1, 0.15) is 109 Å². The molecule has 6 aromatic rings. The van der Waals surface area contributed by atoms with Crippen LogP contribution in [0.2, 0.25) is 0 Å². The highest BCUT2D eigenvalue weighted by Gasteiger charge is 2.21. The van der Waals surface area contributed by atoms with E-state index in [-0.39, 0.29) is 23.9 Å². The molecule has 0 saturated heterocycles. The van der Waals surface area contributed by atoms with E-state index in [0.29, 0.717) is 74.4 Å². The zero-order valence-corrected chi connectivity index (χ0v) is 48.9. The van der Waals surface area contributed by atoms with Gasteiger partial charge >= 0.3 is 23.9 Å². The van der Waals surface area contributed by atoms with Crippen LogP contribution in [-0.4, -0.2) is 50.3 Å². The van der Waals surface area contributed by atoms with Gasteiger partial charge in [-0.25, -0.2) is 19.2 Å². The third-order valence-electron chi connectivity index (χ3n) is 14.2. The van der Waals surface area contributed by atoms with Crippen LogP contribution in [0.15, 0.2) is 158 Å². The number of esters is 4. The Morgan fingerprint density at radius 1 is 0.338 bits per heavy atom. The van der Waals surface area contributed by atoms with Crippen LogP contribution in [0, 0.1) is 41.5 Å². The Bertz CT molecular complexity index is 2920. The number of hydrogen-bond donors (Lipinski definition) is 0. The van der Waals surface area contributed by atoms with Gasteiger partial charge in [0.05, 0.1) is 26.4 Å². The molecule has 0 spiro atoms. The van der Waals surface area contributed by atoms with Gasteiger partial charge in [-0.1, -0.05) is 62.7 Å². The lowest BCUT2D eigenvalue weighted by atomic mass is 9.97. The minimum absolute atomic E-state index is 0.328. The largest absolute Gasteiger partial charge is 0.462 e. The maximum absolute atomic E-state index is 12.0. The number of rotatable bonds is 27. The summed E-state index contributed by atoms with van der Waals surface area (Å²) in [4.78, 5) is 52.7. The number of anilines is 6. The first kappa shape index (κ1) is 61.0. The molecule has 0 radical (unpaired) electrons. The lowest BCUT2D eigenvalue weighted by molar-refractivity contribution is -0.139. The monoisotopic (exact) mass is 1080 g/mol. The van der Waals surface area contributed by atoms with E-state index in [4.69, 9.17) is 18.9 Å². The number of aryl methyl sites for hydroxylation is 10. The fourth-order valence-electron chi connectivity index (χ4n) is 9.63. The van der Waals surface area contributed by atoms with Gasteiger partial charge in [-0.05, 0) is 260 Å². The van der Waals surface area contributed by atoms with E-state index in [0.717, 1.165) is 104 Å². The number of ether oxygens (including phenoxy) is 4. The normalized spacial score (nSPS) is 10.9. The molecule has 0 fully saturated rings. The Morgan fingerprint density at radius 2 is 0.575 bits per heavy atom. The first-order valence-corrected chi connectivity index (χ1v) is 27.6. The Morgan fingerprint density at radius 3 is 0.775 bits per heavy atom. The third kappa shape index (κ3) is 16.4. The van der Waals surface area contributed by atoms with Gasteiger partial charge in [0.25, 0.3) is 0 Å². The van der Waals surface area contributed by atoms with Crippen molar-refractivity contribution in [1.82, 2.24) is 0 Å². The summed E-state index contributed by atoms with van der Waals surface area (Å²) in [5.74, 6) is -1.48. The third-order valence-corrected chi connectivity index (χ3v) is 14.2. The van der Waals surface area contributed by atoms with Crippen LogP contribution >= 0.6 is 0 Å². The van der Waals surface area contributed by atoms with Gasteiger partial charge in [-0.2, -0.15) is 0 Å². The van der Waals surface area contributed by atoms with Crippen molar-refractivity contribution < 1.29 is 38.1 Å². The zero-order chi connectivity index (χ0) is 58.2. The molecule has 0 bridgehead atoms. The molecule has 0 aromatic heterocycles. The van der Waals surface area contributed by atoms with Gasteiger partial charge < -0.3 is 28.7 Å². The van der Waals surface area contributed by atoms with Crippen molar-refractivity contribution in [2.75, 3.05) is 36.2 Å². The van der Waals surface area contributed by atoms with E-state index in [1.807, 2.05) is 0 Å². The van der Waals surface area contributed by atoms with Gasteiger partial charge in [0.1, 0.15) is 0 Å². The molecule has 0 aliphatic rings. The molecule has 10 heteroatoms. The number of carbonyl (C=O) groups is 4. The molecular formula is C70H80N2O8. The fourth-order valence-corrected chi connectivity index (χ4v) is 9.63. The smallest absolute Gasteiger partial charge is 0.333 e. The number of benzene rings is 6. The summed E-state index contributed by atoms with van der Waals surface area (Å²) in [7, 11) is 0. The molecule has 80 heavy (non-hydrogen) atoms. The van der Waals surface area contributed by atoms with E-state index >= 15 is 0 Å². The topological polar surface area (TPSA) is 112 Å². The van der Waals surface area contributed by atoms with Crippen LogP contribution in [-0.2, 0) is 63.8 Å². The molecule has 0 heterocycles. The summed E-state index contributed by atoms with van der Waals surface area (Å²) in [5.41, 5.74) is 21.5. The molecule has 0 unspecified atom stereocenters. The fraction of sp³-hybridized carbons (Fsp3) is 0.314. The van der Waals surface area contributed by atoms with E-state index in [2.05, 4.69) is 187 Å². The predicted octanol–water partition coefficient (Wildman–Crippen LogP) is 16.4. The van der Waals surface area contributed by atoms with Gasteiger partial charge in [-0.3, -0.25) is 0 Å². The highest BCUT2D eigenvalue weighted by Crippen LogP contribution is 2.42. The Labute approximate surface area is 475 Å². The van der Waals surface area contributed by atoms with Crippen molar-refractivity contribution >= 4 is 58.0 Å². The van der Waals surface area contributed by atoms with E-state index in [9.17, 15) is 19.2 Å². The summed E-state index contributed by atoms with van der Waals surface area (Å²) in [5, 5.41) is 0. The minimum atomic E-state index is -0.369. The van der Waals surface area contributed by atoms with Crippen molar-refractivity contribution in [3.8, 4) is 11.1 Å². The molecule has 418 valence electrons. The van der Waals surface area contributed by atoms with Crippen molar-refractivity contribution in [2.24, 2.45) is 0 Å². The molecule has 0 aliphatic carbocycles. The van der Waals surface area contributed by atoms with Crippen molar-refractivity contribution in [2.45, 2.75) is 121 Å². The van der Waals surface area contributed by atoms with Gasteiger partial charge in [0.2, 0.25) is 0 Å². The molecule has 0 saturated carbocycles. The first-order valence-electron chi connectivity index (χ1n) is 27.6. The number of carbonyl (C=O) groups excluding carboxylic acids is 4. The molecular weight excluding hydrogens is 997 g/mol. The van der Waals surface area contributed by atoms with Crippen molar-refractivity contribution in [3.05, 3.63) is 213 Å². The van der Waals surface area contributed by atoms with Gasteiger partial charge in [0, 0.05) is 56.4 Å². The maximum atomic E-state index is 12.0. The van der Waals surface area contributed by atoms with Crippen LogP contribution in [0.3, 0.4) is 0 Å². The second-order valence-corrected chi connectivity index (χ2v) is 21.2. The van der Waals surface area contributed by atoms with Crippen LogP contribution < -0.4 is 9.80 Å². The summed E-state index contributed by atoms with van der Waals surface area (Å²) >= 11 is 0. The highest BCUT2D eigenvalue weighted by atomic mass is 16.5. The second kappa shape index (κ2) is 28.6. The molecule has 6 aromatic carbocycles. The van der Waals surface area contributed by atoms with Crippen molar-refractivity contribution in [3.63, 3.8) is 0 Å². The quantitative estimate of drug-likeness (QED) is 0.0214. The Hall–Kier alpha value is -8.24. The van der Waals surface area contributed by atoms with E-state index < -0.39 is 0 Å².